The summed E-state index contributed by atoms with van der Waals surface area (Å²) in [6.07, 6.45) is 3.22. The van der Waals surface area contributed by atoms with Gasteiger partial charge in [0, 0.05) is 29.4 Å². The first-order valence-electron chi connectivity index (χ1n) is 8.88. The number of nitrogens with zero attached hydrogens (tertiary/aromatic N) is 1. The van der Waals surface area contributed by atoms with Crippen molar-refractivity contribution in [1.29, 1.82) is 0 Å². The zero-order valence-corrected chi connectivity index (χ0v) is 15.2. The van der Waals surface area contributed by atoms with Gasteiger partial charge in [-0.3, -0.25) is 9.78 Å². The lowest BCUT2D eigenvalue weighted by atomic mass is 9.92. The van der Waals surface area contributed by atoms with Crippen molar-refractivity contribution in [3.8, 4) is 16.9 Å². The number of benzene rings is 2. The van der Waals surface area contributed by atoms with Crippen molar-refractivity contribution < 1.29 is 19.4 Å². The number of nitrogens with one attached hydrogen (secondary N) is 1. The molecule has 2 heterocycles. The first kappa shape index (κ1) is 17.7. The van der Waals surface area contributed by atoms with E-state index in [0.717, 1.165) is 28.0 Å². The first-order chi connectivity index (χ1) is 13.5. The number of hydrogen-bond acceptors (Lipinski definition) is 4. The van der Waals surface area contributed by atoms with Crippen molar-refractivity contribution in [2.45, 2.75) is 19.6 Å². The zero-order chi connectivity index (χ0) is 19.7. The van der Waals surface area contributed by atoms with Gasteiger partial charge < -0.3 is 15.2 Å². The minimum Gasteiger partial charge on any atom is -0.484 e. The molecule has 28 heavy (non-hydrogen) atoms. The molecule has 1 atom stereocenters. The molecule has 0 saturated carbocycles. The SMILES string of the molecule is CC1Oc2cnccc2-c2ccc(C(=O)NCc3cccc(C(=O)O)c3)cc21. The Labute approximate surface area is 161 Å². The predicted molar refractivity (Wildman–Crippen MR) is 103 cm³/mol. The number of aromatic carboxylic acids is 1. The number of carboxylic acid groups (broad SMARTS) is 1. The maximum atomic E-state index is 12.6. The number of carbonyl (C=O) groups is 2. The smallest absolute Gasteiger partial charge is 0.335 e. The van der Waals surface area contributed by atoms with Crippen LogP contribution >= 0.6 is 0 Å². The molecule has 2 N–H and O–H groups in total. The number of rotatable bonds is 4. The van der Waals surface area contributed by atoms with Gasteiger partial charge in [0.2, 0.25) is 0 Å². The third-order valence-corrected chi connectivity index (χ3v) is 4.76. The van der Waals surface area contributed by atoms with Crippen LogP contribution in [-0.4, -0.2) is 22.0 Å². The van der Waals surface area contributed by atoms with Crippen molar-refractivity contribution in [1.82, 2.24) is 10.3 Å². The van der Waals surface area contributed by atoms with Crippen LogP contribution in [0.15, 0.2) is 60.9 Å². The van der Waals surface area contributed by atoms with Crippen LogP contribution in [0.3, 0.4) is 0 Å². The van der Waals surface area contributed by atoms with Gasteiger partial charge in [-0.05, 0) is 48.4 Å². The summed E-state index contributed by atoms with van der Waals surface area (Å²) < 4.78 is 5.91. The maximum Gasteiger partial charge on any atom is 0.335 e. The van der Waals surface area contributed by atoms with Crippen LogP contribution in [0.25, 0.3) is 11.1 Å². The molecule has 1 amide bonds. The first-order valence-corrected chi connectivity index (χ1v) is 8.88. The molecule has 1 aliphatic heterocycles. The quantitative estimate of drug-likeness (QED) is 0.725. The van der Waals surface area contributed by atoms with Crippen molar-refractivity contribution in [2.75, 3.05) is 0 Å². The Morgan fingerprint density at radius 3 is 2.79 bits per heavy atom. The Morgan fingerprint density at radius 1 is 1.11 bits per heavy atom. The van der Waals surface area contributed by atoms with E-state index in [4.69, 9.17) is 9.84 Å². The topological polar surface area (TPSA) is 88.5 Å². The Morgan fingerprint density at radius 2 is 1.96 bits per heavy atom. The second kappa shape index (κ2) is 7.15. The summed E-state index contributed by atoms with van der Waals surface area (Å²) >= 11 is 0. The summed E-state index contributed by atoms with van der Waals surface area (Å²) in [6, 6.07) is 14.0. The Hall–Kier alpha value is -3.67. The van der Waals surface area contributed by atoms with Crippen LogP contribution in [0.1, 0.15) is 44.9 Å². The van der Waals surface area contributed by atoms with Crippen molar-refractivity contribution in [3.05, 3.63) is 83.2 Å². The van der Waals surface area contributed by atoms with Gasteiger partial charge in [0.25, 0.3) is 5.91 Å². The summed E-state index contributed by atoms with van der Waals surface area (Å²) in [7, 11) is 0. The summed E-state index contributed by atoms with van der Waals surface area (Å²) in [6.45, 7) is 2.19. The lowest BCUT2D eigenvalue weighted by Gasteiger charge is -2.26. The third kappa shape index (κ3) is 3.32. The molecule has 1 aromatic heterocycles. The summed E-state index contributed by atoms with van der Waals surface area (Å²) in [4.78, 5) is 27.8. The van der Waals surface area contributed by atoms with E-state index < -0.39 is 5.97 Å². The third-order valence-electron chi connectivity index (χ3n) is 4.76. The highest BCUT2D eigenvalue weighted by molar-refractivity contribution is 5.95. The number of carboxylic acids is 1. The van der Waals surface area contributed by atoms with Crippen molar-refractivity contribution in [3.63, 3.8) is 0 Å². The van der Waals surface area contributed by atoms with E-state index in [9.17, 15) is 9.59 Å². The number of aromatic nitrogens is 1. The number of carbonyl (C=O) groups excluding carboxylic acids is 1. The minimum atomic E-state index is -0.993. The maximum absolute atomic E-state index is 12.6. The zero-order valence-electron chi connectivity index (χ0n) is 15.2. The monoisotopic (exact) mass is 374 g/mol. The second-order valence-corrected chi connectivity index (χ2v) is 6.62. The molecular weight excluding hydrogens is 356 g/mol. The van der Waals surface area contributed by atoms with Crippen LogP contribution < -0.4 is 10.1 Å². The lowest BCUT2D eigenvalue weighted by Crippen LogP contribution is -2.23. The average molecular weight is 374 g/mol. The van der Waals surface area contributed by atoms with E-state index in [1.54, 1.807) is 36.7 Å². The van der Waals surface area contributed by atoms with E-state index in [2.05, 4.69) is 10.3 Å². The van der Waals surface area contributed by atoms with Gasteiger partial charge in [-0.15, -0.1) is 0 Å². The van der Waals surface area contributed by atoms with E-state index in [-0.39, 0.29) is 24.1 Å². The van der Waals surface area contributed by atoms with Gasteiger partial charge in [0.1, 0.15) is 11.9 Å². The van der Waals surface area contributed by atoms with Crippen LogP contribution in [0, 0.1) is 0 Å². The molecule has 6 nitrogen and oxygen atoms in total. The van der Waals surface area contributed by atoms with Gasteiger partial charge in [-0.1, -0.05) is 18.2 Å². The highest BCUT2D eigenvalue weighted by Crippen LogP contribution is 2.41. The lowest BCUT2D eigenvalue weighted by molar-refractivity contribution is 0.0696. The molecular formula is C22H18N2O4. The van der Waals surface area contributed by atoms with Crippen LogP contribution in [0.2, 0.25) is 0 Å². The second-order valence-electron chi connectivity index (χ2n) is 6.62. The van der Waals surface area contributed by atoms with Crippen molar-refractivity contribution >= 4 is 11.9 Å². The molecule has 0 radical (unpaired) electrons. The minimum absolute atomic E-state index is 0.188. The van der Waals surface area contributed by atoms with E-state index in [1.807, 2.05) is 25.1 Å². The van der Waals surface area contributed by atoms with Gasteiger partial charge in [-0.25, -0.2) is 4.79 Å². The summed E-state index contributed by atoms with van der Waals surface area (Å²) in [5.41, 5.74) is 4.38. The van der Waals surface area contributed by atoms with E-state index >= 15 is 0 Å². The number of pyridine rings is 1. The molecule has 0 saturated heterocycles. The van der Waals surface area contributed by atoms with Gasteiger partial charge in [-0.2, -0.15) is 0 Å². The fourth-order valence-corrected chi connectivity index (χ4v) is 3.33. The van der Waals surface area contributed by atoms with Gasteiger partial charge in [0.05, 0.1) is 11.8 Å². The Balaban J connectivity index is 1.54. The van der Waals surface area contributed by atoms with Crippen molar-refractivity contribution in [2.24, 2.45) is 0 Å². The molecule has 3 aromatic rings. The molecule has 1 unspecified atom stereocenters. The number of amides is 1. The summed E-state index contributed by atoms with van der Waals surface area (Å²) in [5.74, 6) is -0.485. The van der Waals surface area contributed by atoms with Crippen LogP contribution in [0.4, 0.5) is 0 Å². The van der Waals surface area contributed by atoms with Crippen LogP contribution in [-0.2, 0) is 6.54 Å². The van der Waals surface area contributed by atoms with E-state index in [0.29, 0.717) is 5.56 Å². The fraction of sp³-hybridized carbons (Fsp3) is 0.136. The Kier molecular flexibility index (Phi) is 4.53. The molecule has 1 aliphatic rings. The fourth-order valence-electron chi connectivity index (χ4n) is 3.33. The normalized spacial score (nSPS) is 14.4. The number of hydrogen-bond donors (Lipinski definition) is 2. The number of ether oxygens (including phenoxy) is 1. The predicted octanol–water partition coefficient (Wildman–Crippen LogP) is 3.83. The highest BCUT2D eigenvalue weighted by Gasteiger charge is 2.24. The molecule has 0 fully saturated rings. The highest BCUT2D eigenvalue weighted by atomic mass is 16.5. The van der Waals surface area contributed by atoms with E-state index in [1.165, 1.54) is 6.07 Å². The molecule has 6 heteroatoms. The molecule has 2 aromatic carbocycles. The standard InChI is InChI=1S/C22H18N2O4/c1-13-19-10-15(5-6-17(19)18-7-8-23-12-20(18)28-13)21(25)24-11-14-3-2-4-16(9-14)22(26)27/h2-10,12-13H,11H2,1H3,(H,24,25)(H,26,27). The van der Waals surface area contributed by atoms with Crippen LogP contribution in [0.5, 0.6) is 5.75 Å². The molecule has 0 bridgehead atoms. The molecule has 4 rings (SSSR count). The Bertz CT molecular complexity index is 1080. The largest absolute Gasteiger partial charge is 0.484 e. The van der Waals surface area contributed by atoms with Gasteiger partial charge in [0.15, 0.2) is 0 Å². The molecule has 0 spiro atoms. The molecule has 0 aliphatic carbocycles. The summed E-state index contributed by atoms with van der Waals surface area (Å²) in [5, 5.41) is 11.9. The average Bonchev–Trinajstić information content (AvgIpc) is 2.72. The van der Waals surface area contributed by atoms with Gasteiger partial charge >= 0.3 is 5.97 Å². The molecule has 140 valence electrons. The number of fused-ring (bicyclic) bond motifs is 3.